The number of thiophene rings is 1. The third-order valence-electron chi connectivity index (χ3n) is 2.77. The first-order valence-corrected chi connectivity index (χ1v) is 7.28. The van der Waals surface area contributed by atoms with E-state index in [0.717, 1.165) is 27.8 Å². The Morgan fingerprint density at radius 3 is 2.62 bits per heavy atom. The predicted octanol–water partition coefficient (Wildman–Crippen LogP) is 3.37. The molecule has 2 aromatic rings. The molecule has 0 bridgehead atoms. The molecule has 21 heavy (non-hydrogen) atoms. The predicted molar refractivity (Wildman–Crippen MR) is 76.7 cm³/mol. The minimum absolute atomic E-state index is 0.169. The van der Waals surface area contributed by atoms with Crippen LogP contribution in [0.15, 0.2) is 35.3 Å². The summed E-state index contributed by atoms with van der Waals surface area (Å²) >= 11 is 7.22. The Kier molecular flexibility index (Phi) is 5.08. The third kappa shape index (κ3) is 4.59. The molecule has 2 rings (SSSR count). The molecule has 0 aromatic carbocycles. The van der Waals surface area contributed by atoms with Crippen LogP contribution in [0, 0.1) is 0 Å². The Bertz CT molecular complexity index is 666. The summed E-state index contributed by atoms with van der Waals surface area (Å²) in [6.45, 7) is 1.11. The maximum atomic E-state index is 12.6. The highest BCUT2D eigenvalue weighted by atomic mass is 35.5. The molecule has 2 heterocycles. The SMILES string of the molecule is O=c1ccc(C(F)(F)F)cn1CCNCc1ccc(Cl)s1. The van der Waals surface area contributed by atoms with E-state index >= 15 is 0 Å². The molecule has 0 amide bonds. The number of nitrogens with one attached hydrogen (secondary N) is 1. The Balaban J connectivity index is 1.92. The Labute approximate surface area is 128 Å². The largest absolute Gasteiger partial charge is 0.417 e. The Hall–Kier alpha value is -1.31. The molecule has 3 nitrogen and oxygen atoms in total. The average molecular weight is 337 g/mol. The highest BCUT2D eigenvalue weighted by Gasteiger charge is 2.30. The molecular formula is C13H12ClF3N2OS. The second-order valence-corrected chi connectivity index (χ2v) is 6.13. The van der Waals surface area contributed by atoms with E-state index in [0.29, 0.717) is 17.4 Å². The zero-order valence-electron chi connectivity index (χ0n) is 10.8. The van der Waals surface area contributed by atoms with Gasteiger partial charge < -0.3 is 9.88 Å². The fraction of sp³-hybridized carbons (Fsp3) is 0.308. The van der Waals surface area contributed by atoms with Crippen LogP contribution in [0.1, 0.15) is 10.4 Å². The highest BCUT2D eigenvalue weighted by Crippen LogP contribution is 2.28. The van der Waals surface area contributed by atoms with Crippen molar-refractivity contribution in [2.24, 2.45) is 0 Å². The second kappa shape index (κ2) is 6.64. The summed E-state index contributed by atoms with van der Waals surface area (Å²) in [4.78, 5) is 12.5. The van der Waals surface area contributed by atoms with Gasteiger partial charge in [0.15, 0.2) is 0 Å². The minimum Gasteiger partial charge on any atom is -0.314 e. The third-order valence-corrected chi connectivity index (χ3v) is 4.00. The molecule has 2 aromatic heterocycles. The Morgan fingerprint density at radius 2 is 2.00 bits per heavy atom. The highest BCUT2D eigenvalue weighted by molar-refractivity contribution is 7.16. The van der Waals surface area contributed by atoms with Crippen molar-refractivity contribution in [3.63, 3.8) is 0 Å². The molecular weight excluding hydrogens is 325 g/mol. The maximum Gasteiger partial charge on any atom is 0.417 e. The van der Waals surface area contributed by atoms with Gasteiger partial charge in [0, 0.05) is 36.8 Å². The van der Waals surface area contributed by atoms with Crippen LogP contribution in [0.2, 0.25) is 4.34 Å². The van der Waals surface area contributed by atoms with Crippen LogP contribution in [0.4, 0.5) is 13.2 Å². The van der Waals surface area contributed by atoms with Crippen LogP contribution >= 0.6 is 22.9 Å². The molecule has 0 radical (unpaired) electrons. The molecule has 0 aliphatic carbocycles. The van der Waals surface area contributed by atoms with Crippen molar-refractivity contribution in [3.8, 4) is 0 Å². The van der Waals surface area contributed by atoms with E-state index < -0.39 is 17.3 Å². The molecule has 0 aliphatic heterocycles. The monoisotopic (exact) mass is 336 g/mol. The van der Waals surface area contributed by atoms with Gasteiger partial charge >= 0.3 is 6.18 Å². The molecule has 0 spiro atoms. The van der Waals surface area contributed by atoms with Gasteiger partial charge in [-0.2, -0.15) is 13.2 Å². The van der Waals surface area contributed by atoms with Crippen molar-refractivity contribution in [3.05, 3.63) is 55.6 Å². The molecule has 0 saturated heterocycles. The molecule has 0 aliphatic rings. The summed E-state index contributed by atoms with van der Waals surface area (Å²) in [5, 5.41) is 3.06. The normalized spacial score (nSPS) is 11.8. The lowest BCUT2D eigenvalue weighted by atomic mass is 10.3. The van der Waals surface area contributed by atoms with Crippen LogP contribution in [-0.4, -0.2) is 11.1 Å². The van der Waals surface area contributed by atoms with Crippen molar-refractivity contribution in [2.75, 3.05) is 6.54 Å². The lowest BCUT2D eigenvalue weighted by molar-refractivity contribution is -0.138. The standard InChI is InChI=1S/C13H12ClF3N2OS/c14-11-3-2-10(21-11)7-18-5-6-19-8-9(13(15,16)17)1-4-12(19)20/h1-4,8,18H,5-7H2. The summed E-state index contributed by atoms with van der Waals surface area (Å²) in [7, 11) is 0. The van der Waals surface area contributed by atoms with Gasteiger partial charge in [-0.1, -0.05) is 11.6 Å². The van der Waals surface area contributed by atoms with Gasteiger partial charge in [0.05, 0.1) is 9.90 Å². The first kappa shape index (κ1) is 16.1. The van der Waals surface area contributed by atoms with E-state index in [4.69, 9.17) is 11.6 Å². The van der Waals surface area contributed by atoms with E-state index in [-0.39, 0.29) is 6.54 Å². The van der Waals surface area contributed by atoms with Gasteiger partial charge in [-0.25, -0.2) is 0 Å². The van der Waals surface area contributed by atoms with Crippen LogP contribution in [0.25, 0.3) is 0 Å². The zero-order chi connectivity index (χ0) is 15.5. The zero-order valence-corrected chi connectivity index (χ0v) is 12.4. The van der Waals surface area contributed by atoms with Crippen molar-refractivity contribution >= 4 is 22.9 Å². The second-order valence-electron chi connectivity index (χ2n) is 4.33. The average Bonchev–Trinajstić information content (AvgIpc) is 2.81. The summed E-state index contributed by atoms with van der Waals surface area (Å²) in [6.07, 6.45) is -3.61. The van der Waals surface area contributed by atoms with Gasteiger partial charge in [-0.15, -0.1) is 11.3 Å². The number of hydrogen-bond donors (Lipinski definition) is 1. The van der Waals surface area contributed by atoms with Gasteiger partial charge in [0.25, 0.3) is 5.56 Å². The van der Waals surface area contributed by atoms with Gasteiger partial charge in [-0.05, 0) is 18.2 Å². The summed E-state index contributed by atoms with van der Waals surface area (Å²) < 4.78 is 39.4. The molecule has 0 unspecified atom stereocenters. The van der Waals surface area contributed by atoms with E-state index in [2.05, 4.69) is 5.32 Å². The first-order chi connectivity index (χ1) is 9.86. The molecule has 114 valence electrons. The van der Waals surface area contributed by atoms with Crippen molar-refractivity contribution in [2.45, 2.75) is 19.3 Å². The van der Waals surface area contributed by atoms with Crippen LogP contribution in [0.3, 0.4) is 0 Å². The Morgan fingerprint density at radius 1 is 1.24 bits per heavy atom. The lowest BCUT2D eigenvalue weighted by Gasteiger charge is -2.11. The molecule has 8 heteroatoms. The van der Waals surface area contributed by atoms with Gasteiger partial charge in [0.1, 0.15) is 0 Å². The number of alkyl halides is 3. The number of nitrogens with zero attached hydrogens (tertiary/aromatic N) is 1. The van der Waals surface area contributed by atoms with Gasteiger partial charge in [0.2, 0.25) is 0 Å². The number of halogens is 4. The molecule has 1 N–H and O–H groups in total. The summed E-state index contributed by atoms with van der Waals surface area (Å²) in [5.74, 6) is 0. The van der Waals surface area contributed by atoms with E-state index in [1.54, 1.807) is 6.07 Å². The van der Waals surface area contributed by atoms with Crippen LogP contribution in [0.5, 0.6) is 0 Å². The molecule has 0 atom stereocenters. The minimum atomic E-state index is -4.45. The molecule has 0 fully saturated rings. The number of pyridine rings is 1. The van der Waals surface area contributed by atoms with Gasteiger partial charge in [-0.3, -0.25) is 4.79 Å². The first-order valence-electron chi connectivity index (χ1n) is 6.09. The van der Waals surface area contributed by atoms with Crippen molar-refractivity contribution < 1.29 is 13.2 Å². The van der Waals surface area contributed by atoms with Crippen molar-refractivity contribution in [1.29, 1.82) is 0 Å². The number of hydrogen-bond acceptors (Lipinski definition) is 3. The smallest absolute Gasteiger partial charge is 0.314 e. The van der Waals surface area contributed by atoms with Crippen LogP contribution < -0.4 is 10.9 Å². The fourth-order valence-electron chi connectivity index (χ4n) is 1.73. The number of rotatable bonds is 5. The fourth-order valence-corrected chi connectivity index (χ4v) is 2.79. The maximum absolute atomic E-state index is 12.6. The number of aromatic nitrogens is 1. The lowest BCUT2D eigenvalue weighted by Crippen LogP contribution is -2.27. The molecule has 0 saturated carbocycles. The van der Waals surface area contributed by atoms with E-state index in [1.165, 1.54) is 11.3 Å². The topological polar surface area (TPSA) is 34.0 Å². The van der Waals surface area contributed by atoms with E-state index in [9.17, 15) is 18.0 Å². The quantitative estimate of drug-likeness (QED) is 0.849. The van der Waals surface area contributed by atoms with Crippen LogP contribution in [-0.2, 0) is 19.3 Å². The summed E-state index contributed by atoms with van der Waals surface area (Å²) in [6, 6.07) is 5.37. The van der Waals surface area contributed by atoms with Crippen molar-refractivity contribution in [1.82, 2.24) is 9.88 Å². The van der Waals surface area contributed by atoms with E-state index in [1.807, 2.05) is 6.07 Å². The summed E-state index contributed by atoms with van der Waals surface area (Å²) in [5.41, 5.74) is -1.28.